The van der Waals surface area contributed by atoms with Crippen molar-refractivity contribution in [3.63, 3.8) is 0 Å². The van der Waals surface area contributed by atoms with Gasteiger partial charge in [-0.3, -0.25) is 34.3 Å². The summed E-state index contributed by atoms with van der Waals surface area (Å²) in [7, 11) is 0. The summed E-state index contributed by atoms with van der Waals surface area (Å²) >= 11 is 0. The van der Waals surface area contributed by atoms with Crippen LogP contribution in [-0.2, 0) is 16.1 Å². The molecule has 2 saturated heterocycles. The quantitative estimate of drug-likeness (QED) is 0.549. The lowest BCUT2D eigenvalue weighted by Crippen LogP contribution is -2.54. The summed E-state index contributed by atoms with van der Waals surface area (Å²) in [4.78, 5) is 52.9. The molecule has 5 rings (SSSR count). The Morgan fingerprint density at radius 3 is 2.39 bits per heavy atom. The van der Waals surface area contributed by atoms with Crippen molar-refractivity contribution in [3.8, 4) is 0 Å². The van der Waals surface area contributed by atoms with E-state index in [1.807, 2.05) is 18.2 Å². The molecule has 2 fully saturated rings. The number of likely N-dealkylation sites (tertiary alicyclic amines) is 1. The van der Waals surface area contributed by atoms with Crippen LogP contribution in [0.15, 0.2) is 42.5 Å². The molecule has 0 aromatic heterocycles. The van der Waals surface area contributed by atoms with Gasteiger partial charge in [-0.05, 0) is 73.7 Å². The highest BCUT2D eigenvalue weighted by Crippen LogP contribution is 2.31. The van der Waals surface area contributed by atoms with Gasteiger partial charge >= 0.3 is 0 Å². The van der Waals surface area contributed by atoms with Crippen LogP contribution < -0.4 is 11.1 Å². The third-order valence-corrected chi connectivity index (χ3v) is 6.88. The number of imide groups is 2. The van der Waals surface area contributed by atoms with Crippen LogP contribution in [0, 0.1) is 0 Å². The van der Waals surface area contributed by atoms with E-state index in [1.54, 1.807) is 12.1 Å². The number of fused-ring (bicyclic) bond motifs is 1. The second-order valence-electron chi connectivity index (χ2n) is 9.05. The Hall–Kier alpha value is -3.52. The van der Waals surface area contributed by atoms with Gasteiger partial charge in [0, 0.05) is 18.7 Å². The van der Waals surface area contributed by atoms with Crippen molar-refractivity contribution >= 4 is 29.3 Å². The zero-order valence-corrected chi connectivity index (χ0v) is 18.3. The summed E-state index contributed by atoms with van der Waals surface area (Å²) < 4.78 is 0. The summed E-state index contributed by atoms with van der Waals surface area (Å²) in [5.74, 6) is -1.42. The Kier molecular flexibility index (Phi) is 5.46. The lowest BCUT2D eigenvalue weighted by atomic mass is 9.89. The molecule has 0 bridgehead atoms. The van der Waals surface area contributed by atoms with Gasteiger partial charge < -0.3 is 5.73 Å². The van der Waals surface area contributed by atoms with Crippen LogP contribution in [0.2, 0.25) is 0 Å². The van der Waals surface area contributed by atoms with E-state index in [0.29, 0.717) is 23.6 Å². The van der Waals surface area contributed by atoms with Gasteiger partial charge in [-0.2, -0.15) is 0 Å². The van der Waals surface area contributed by atoms with Crippen LogP contribution in [0.5, 0.6) is 0 Å². The van der Waals surface area contributed by atoms with Gasteiger partial charge in [-0.25, -0.2) is 0 Å². The largest absolute Gasteiger partial charge is 0.399 e. The molecule has 0 radical (unpaired) electrons. The molecule has 0 saturated carbocycles. The van der Waals surface area contributed by atoms with Crippen LogP contribution >= 0.6 is 0 Å². The Labute approximate surface area is 191 Å². The van der Waals surface area contributed by atoms with Crippen LogP contribution in [0.25, 0.3) is 0 Å². The molecule has 2 aromatic carbocycles. The first-order chi connectivity index (χ1) is 15.9. The SMILES string of the molecule is Nc1cccc(C2CCN(Cc3ccc4c(c3)C(=O)N(C3CCC(=O)NC3=O)C4=O)CC2)c1. The molecule has 8 heteroatoms. The van der Waals surface area contributed by atoms with E-state index in [2.05, 4.69) is 22.3 Å². The van der Waals surface area contributed by atoms with Gasteiger partial charge in [0.15, 0.2) is 0 Å². The summed E-state index contributed by atoms with van der Waals surface area (Å²) in [6.45, 7) is 2.56. The summed E-state index contributed by atoms with van der Waals surface area (Å²) in [6, 6.07) is 12.5. The molecule has 0 spiro atoms. The minimum absolute atomic E-state index is 0.112. The lowest BCUT2D eigenvalue weighted by Gasteiger charge is -2.32. The smallest absolute Gasteiger partial charge is 0.262 e. The first-order valence-electron chi connectivity index (χ1n) is 11.3. The number of rotatable bonds is 4. The molecule has 3 N–H and O–H groups in total. The first kappa shape index (κ1) is 21.3. The van der Waals surface area contributed by atoms with Gasteiger partial charge in [0.1, 0.15) is 6.04 Å². The summed E-state index contributed by atoms with van der Waals surface area (Å²) in [6.07, 6.45) is 2.34. The van der Waals surface area contributed by atoms with E-state index in [0.717, 1.165) is 42.1 Å². The number of carbonyl (C=O) groups excluding carboxylic acids is 4. The van der Waals surface area contributed by atoms with E-state index in [9.17, 15) is 19.2 Å². The zero-order chi connectivity index (χ0) is 23.1. The van der Waals surface area contributed by atoms with Crippen molar-refractivity contribution in [2.45, 2.75) is 44.2 Å². The second-order valence-corrected chi connectivity index (χ2v) is 9.05. The van der Waals surface area contributed by atoms with Crippen molar-refractivity contribution in [2.75, 3.05) is 18.8 Å². The van der Waals surface area contributed by atoms with E-state index in [1.165, 1.54) is 5.56 Å². The van der Waals surface area contributed by atoms with Crippen molar-refractivity contribution in [1.82, 2.24) is 15.1 Å². The fourth-order valence-electron chi connectivity index (χ4n) is 5.11. The van der Waals surface area contributed by atoms with Crippen LogP contribution in [0.4, 0.5) is 5.69 Å². The van der Waals surface area contributed by atoms with Crippen molar-refractivity contribution in [1.29, 1.82) is 0 Å². The molecule has 8 nitrogen and oxygen atoms in total. The van der Waals surface area contributed by atoms with E-state index >= 15 is 0 Å². The first-order valence-corrected chi connectivity index (χ1v) is 11.3. The van der Waals surface area contributed by atoms with Gasteiger partial charge in [-0.15, -0.1) is 0 Å². The minimum Gasteiger partial charge on any atom is -0.399 e. The summed E-state index contributed by atoms with van der Waals surface area (Å²) in [5, 5.41) is 2.22. The number of hydrogen-bond donors (Lipinski definition) is 2. The highest BCUT2D eigenvalue weighted by molar-refractivity contribution is 6.23. The predicted molar refractivity (Wildman–Crippen MR) is 121 cm³/mol. The molecule has 3 aliphatic heterocycles. The molecule has 33 heavy (non-hydrogen) atoms. The number of amides is 4. The number of nitrogens with one attached hydrogen (secondary N) is 1. The standard InChI is InChI=1S/C25H26N4O4/c26-18-3-1-2-17(13-18)16-8-10-28(11-9-16)14-15-4-5-19-20(12-15)25(33)29(24(19)32)21-6-7-22(30)27-23(21)31/h1-5,12-13,16,21H,6-11,14,26H2,(H,27,30,31). The number of nitrogen functional groups attached to an aromatic ring is 1. The average molecular weight is 447 g/mol. The van der Waals surface area contributed by atoms with Crippen molar-refractivity contribution < 1.29 is 19.2 Å². The van der Waals surface area contributed by atoms with Crippen molar-refractivity contribution in [2.24, 2.45) is 0 Å². The fourth-order valence-corrected chi connectivity index (χ4v) is 5.11. The third kappa shape index (κ3) is 4.02. The number of nitrogens with zero attached hydrogens (tertiary/aromatic N) is 2. The number of anilines is 1. The molecular weight excluding hydrogens is 420 g/mol. The predicted octanol–water partition coefficient (Wildman–Crippen LogP) is 2.05. The van der Waals surface area contributed by atoms with Crippen LogP contribution in [-0.4, -0.2) is 52.6 Å². The number of benzene rings is 2. The van der Waals surface area contributed by atoms with Gasteiger partial charge in [0.25, 0.3) is 11.8 Å². The minimum atomic E-state index is -0.940. The number of piperidine rings is 2. The average Bonchev–Trinajstić information content (AvgIpc) is 3.04. The Morgan fingerprint density at radius 1 is 0.909 bits per heavy atom. The van der Waals surface area contributed by atoms with E-state index in [4.69, 9.17) is 5.73 Å². The normalized spacial score (nSPS) is 21.9. The maximum atomic E-state index is 13.0. The maximum absolute atomic E-state index is 13.0. The molecule has 170 valence electrons. The van der Waals surface area contributed by atoms with E-state index in [-0.39, 0.29) is 18.7 Å². The molecule has 4 amide bonds. The molecule has 0 aliphatic carbocycles. The highest BCUT2D eigenvalue weighted by Gasteiger charge is 2.44. The number of hydrogen-bond acceptors (Lipinski definition) is 6. The molecule has 1 atom stereocenters. The van der Waals surface area contributed by atoms with Gasteiger partial charge in [0.2, 0.25) is 11.8 Å². The molecule has 3 aliphatic rings. The van der Waals surface area contributed by atoms with E-state index < -0.39 is 23.8 Å². The highest BCUT2D eigenvalue weighted by atomic mass is 16.2. The van der Waals surface area contributed by atoms with Crippen LogP contribution in [0.1, 0.15) is 63.4 Å². The Bertz CT molecular complexity index is 1150. The second kappa shape index (κ2) is 8.44. The Morgan fingerprint density at radius 2 is 1.67 bits per heavy atom. The van der Waals surface area contributed by atoms with Gasteiger partial charge in [-0.1, -0.05) is 18.2 Å². The fraction of sp³-hybridized carbons (Fsp3) is 0.360. The zero-order valence-electron chi connectivity index (χ0n) is 18.3. The summed E-state index contributed by atoms with van der Waals surface area (Å²) in [5.41, 5.74) is 9.61. The lowest BCUT2D eigenvalue weighted by molar-refractivity contribution is -0.136. The molecule has 1 unspecified atom stereocenters. The van der Waals surface area contributed by atoms with Crippen LogP contribution in [0.3, 0.4) is 0 Å². The van der Waals surface area contributed by atoms with Gasteiger partial charge in [0.05, 0.1) is 11.1 Å². The molecular formula is C25H26N4O4. The maximum Gasteiger partial charge on any atom is 0.262 e. The Balaban J connectivity index is 1.26. The number of carbonyl (C=O) groups is 4. The third-order valence-electron chi connectivity index (χ3n) is 6.88. The monoisotopic (exact) mass is 446 g/mol. The number of nitrogens with two attached hydrogens (primary N) is 1. The topological polar surface area (TPSA) is 113 Å². The molecule has 3 heterocycles. The molecule has 2 aromatic rings. The van der Waals surface area contributed by atoms with Crippen molar-refractivity contribution in [3.05, 3.63) is 64.7 Å².